The van der Waals surface area contributed by atoms with Gasteiger partial charge in [0.05, 0.1) is 6.51 Å². The van der Waals surface area contributed by atoms with Gasteiger partial charge in [-0.05, 0) is 23.1 Å². The predicted octanol–water partition coefficient (Wildman–Crippen LogP) is 0.754. The van der Waals surface area contributed by atoms with Crippen molar-refractivity contribution in [3.8, 4) is 5.75 Å². The van der Waals surface area contributed by atoms with Gasteiger partial charge in [0.2, 0.25) is 0 Å². The number of ether oxygens (including phenoxy) is 1. The van der Waals surface area contributed by atoms with E-state index in [0.717, 1.165) is 5.56 Å². The van der Waals surface area contributed by atoms with Gasteiger partial charge in [-0.15, -0.1) is 0 Å². The van der Waals surface area contributed by atoms with Crippen LogP contribution in [0.1, 0.15) is 26.3 Å². The first kappa shape index (κ1) is 17.5. The van der Waals surface area contributed by atoms with Gasteiger partial charge in [0, 0.05) is 0 Å². The molecule has 17 heavy (non-hydrogen) atoms. The molecule has 0 aliphatic carbocycles. The molecule has 0 atom stereocenters. The fourth-order valence-electron chi connectivity index (χ4n) is 1.24. The summed E-state index contributed by atoms with van der Waals surface area (Å²) in [5.41, 5.74) is 1.06. The quantitative estimate of drug-likeness (QED) is 0.737. The molecule has 1 nitrogen and oxygen atoms in total. The van der Waals surface area contributed by atoms with Crippen molar-refractivity contribution >= 4 is 6.98 Å². The Labute approximate surface area is 143 Å². The molecule has 0 aliphatic rings. The average molecular weight is 270 g/mol. The molecule has 1 aromatic rings. The fourth-order valence-corrected chi connectivity index (χ4v) is 1.24. The van der Waals surface area contributed by atoms with E-state index in [1.807, 2.05) is 20.8 Å². The van der Waals surface area contributed by atoms with Gasteiger partial charge in [-0.2, -0.15) is 0 Å². The Bertz CT molecular complexity index is 343. The summed E-state index contributed by atoms with van der Waals surface area (Å²) in [4.78, 5) is 0. The summed E-state index contributed by atoms with van der Waals surface area (Å²) in [7, 11) is 0. The van der Waals surface area contributed by atoms with Gasteiger partial charge in [-0.1, -0.05) is 32.9 Å². The number of halogens is 3. The molecule has 0 saturated heterocycles. The molecule has 0 aromatic heterocycles. The Morgan fingerprint density at radius 3 is 1.88 bits per heavy atom. The minimum atomic E-state index is -4.88. The molecule has 0 aliphatic heterocycles. The van der Waals surface area contributed by atoms with Gasteiger partial charge in [0.1, 0.15) is 5.75 Å². The summed E-state index contributed by atoms with van der Waals surface area (Å²) in [6, 6.07) is 6.72. The monoisotopic (exact) mass is 270 g/mol. The summed E-state index contributed by atoms with van der Waals surface area (Å²) < 4.78 is 40.5. The third-order valence-electron chi connectivity index (χ3n) is 2.16. The average Bonchev–Trinajstić information content (AvgIpc) is 2.13. The molecular weight excluding hydrogens is 255 g/mol. The van der Waals surface area contributed by atoms with Crippen molar-refractivity contribution in [3.05, 3.63) is 29.8 Å². The predicted molar refractivity (Wildman–Crippen MR) is 59.7 cm³/mol. The van der Waals surface area contributed by atoms with Gasteiger partial charge in [-0.3, -0.25) is 0 Å². The molecule has 0 N–H and O–H groups in total. The van der Waals surface area contributed by atoms with Crippen LogP contribution in [0.25, 0.3) is 0 Å². The summed E-state index contributed by atoms with van der Waals surface area (Å²) in [6.45, 7) is 0.0598. The standard InChI is InChI=1S/C11H15BF3O.K/c1-11(2,3)9-4-6-10(7-5-9)16-8-12(13,14)15;/h4-7H,8H2,1-3H3;/q-1;+1. The van der Waals surface area contributed by atoms with Gasteiger partial charge in [0.25, 0.3) is 0 Å². The van der Waals surface area contributed by atoms with Crippen molar-refractivity contribution < 1.29 is 69.1 Å². The first-order valence-corrected chi connectivity index (χ1v) is 5.13. The van der Waals surface area contributed by atoms with Gasteiger partial charge in [0.15, 0.2) is 0 Å². The van der Waals surface area contributed by atoms with Crippen LogP contribution in [0.2, 0.25) is 0 Å². The molecule has 0 heterocycles. The smallest absolute Gasteiger partial charge is 0.522 e. The Hall–Kier alpha value is 0.511. The van der Waals surface area contributed by atoms with Crippen molar-refractivity contribution in [1.82, 2.24) is 0 Å². The maximum atomic E-state index is 11.9. The largest absolute Gasteiger partial charge is 1.00 e. The van der Waals surface area contributed by atoms with Gasteiger partial charge < -0.3 is 17.7 Å². The molecule has 0 bridgehead atoms. The summed E-state index contributed by atoms with van der Waals surface area (Å²) >= 11 is 0. The molecule has 1 aromatic carbocycles. The second-order valence-corrected chi connectivity index (χ2v) is 4.80. The van der Waals surface area contributed by atoms with E-state index >= 15 is 0 Å². The Morgan fingerprint density at radius 2 is 1.53 bits per heavy atom. The van der Waals surface area contributed by atoms with Crippen LogP contribution in [-0.2, 0) is 5.41 Å². The maximum Gasteiger partial charge on any atom is 1.00 e. The van der Waals surface area contributed by atoms with E-state index in [2.05, 4.69) is 4.74 Å². The zero-order valence-corrected chi connectivity index (χ0v) is 13.8. The van der Waals surface area contributed by atoms with Gasteiger partial charge in [-0.25, -0.2) is 0 Å². The second kappa shape index (κ2) is 6.61. The first-order valence-electron chi connectivity index (χ1n) is 5.13. The SMILES string of the molecule is CC(C)(C)c1ccc(OC[B-](F)(F)F)cc1.[K+]. The summed E-state index contributed by atoms with van der Waals surface area (Å²) in [5.74, 6) is 0.257. The van der Waals surface area contributed by atoms with E-state index in [4.69, 9.17) is 0 Å². The fraction of sp³-hybridized carbons (Fsp3) is 0.455. The topological polar surface area (TPSA) is 9.23 Å². The number of hydrogen-bond donors (Lipinski definition) is 0. The summed E-state index contributed by atoms with van der Waals surface area (Å²) in [5, 5.41) is 0. The molecule has 0 unspecified atom stereocenters. The summed E-state index contributed by atoms with van der Waals surface area (Å²) in [6.07, 6.45) is 0. The Balaban J connectivity index is 0.00000256. The van der Waals surface area contributed by atoms with Crippen LogP contribution in [0.3, 0.4) is 0 Å². The van der Waals surface area contributed by atoms with Crippen LogP contribution in [0.4, 0.5) is 12.9 Å². The van der Waals surface area contributed by atoms with Crippen LogP contribution in [-0.4, -0.2) is 13.5 Å². The van der Waals surface area contributed by atoms with Crippen LogP contribution >= 0.6 is 0 Å². The third-order valence-corrected chi connectivity index (χ3v) is 2.16. The molecular formula is C11H15BF3KO. The molecule has 0 amide bonds. The van der Waals surface area contributed by atoms with Crippen molar-refractivity contribution in [2.75, 3.05) is 6.51 Å². The molecule has 0 radical (unpaired) electrons. The first-order chi connectivity index (χ1) is 7.18. The van der Waals surface area contributed by atoms with Crippen LogP contribution in [0, 0.1) is 0 Å². The van der Waals surface area contributed by atoms with E-state index in [9.17, 15) is 12.9 Å². The number of rotatable bonds is 3. The number of hydrogen-bond acceptors (Lipinski definition) is 1. The molecule has 6 heteroatoms. The zero-order valence-electron chi connectivity index (χ0n) is 10.6. The van der Waals surface area contributed by atoms with E-state index in [1.165, 1.54) is 0 Å². The molecule has 0 saturated carbocycles. The second-order valence-electron chi connectivity index (χ2n) is 4.80. The van der Waals surface area contributed by atoms with Crippen molar-refractivity contribution in [2.24, 2.45) is 0 Å². The molecule has 90 valence electrons. The van der Waals surface area contributed by atoms with E-state index in [-0.39, 0.29) is 62.5 Å². The minimum absolute atomic E-state index is 0. The van der Waals surface area contributed by atoms with Crippen molar-refractivity contribution in [3.63, 3.8) is 0 Å². The van der Waals surface area contributed by atoms with Gasteiger partial charge >= 0.3 is 58.4 Å². The minimum Gasteiger partial charge on any atom is -0.522 e. The van der Waals surface area contributed by atoms with E-state index in [1.54, 1.807) is 24.3 Å². The molecule has 0 fully saturated rings. The van der Waals surface area contributed by atoms with Crippen molar-refractivity contribution in [1.29, 1.82) is 0 Å². The molecule has 0 spiro atoms. The van der Waals surface area contributed by atoms with Crippen LogP contribution in [0.15, 0.2) is 24.3 Å². The number of benzene rings is 1. The van der Waals surface area contributed by atoms with E-state index in [0.29, 0.717) is 0 Å². The van der Waals surface area contributed by atoms with E-state index < -0.39 is 13.5 Å². The van der Waals surface area contributed by atoms with Crippen molar-refractivity contribution in [2.45, 2.75) is 26.2 Å². The Kier molecular flexibility index (Phi) is 6.81. The normalized spacial score (nSPS) is 11.9. The van der Waals surface area contributed by atoms with Crippen LogP contribution in [0.5, 0.6) is 5.75 Å². The third kappa shape index (κ3) is 6.86. The molecule has 1 rings (SSSR count). The van der Waals surface area contributed by atoms with Crippen LogP contribution < -0.4 is 56.1 Å². The Morgan fingerprint density at radius 1 is 1.06 bits per heavy atom. The maximum absolute atomic E-state index is 11.9. The zero-order chi connectivity index (χ0) is 12.4.